The van der Waals surface area contributed by atoms with Gasteiger partial charge in [-0.1, -0.05) is 0 Å². The second-order valence-corrected chi connectivity index (χ2v) is 4.07. The van der Waals surface area contributed by atoms with Crippen molar-refractivity contribution in [3.05, 3.63) is 30.2 Å². The molecule has 0 saturated carbocycles. The van der Waals surface area contributed by atoms with E-state index in [9.17, 15) is 0 Å². The van der Waals surface area contributed by atoms with E-state index in [-0.39, 0.29) is 11.4 Å². The summed E-state index contributed by atoms with van der Waals surface area (Å²) in [5.41, 5.74) is 0.932. The van der Waals surface area contributed by atoms with Gasteiger partial charge in [-0.2, -0.15) is 10.5 Å². The predicted molar refractivity (Wildman–Crippen MR) is 80.2 cm³/mol. The highest BCUT2D eigenvalue weighted by atomic mass is 16.5. The first-order valence-corrected chi connectivity index (χ1v) is 6.78. The van der Waals surface area contributed by atoms with Gasteiger partial charge < -0.3 is 14.8 Å². The lowest BCUT2D eigenvalue weighted by molar-refractivity contribution is 0.332. The molecule has 0 fully saturated rings. The quantitative estimate of drug-likeness (QED) is 0.752. The number of nitriles is 1. The largest absolute Gasteiger partial charge is 0.494 e. The summed E-state index contributed by atoms with van der Waals surface area (Å²) in [6.07, 6.45) is 1.50. The molecule has 2 aromatic rings. The van der Waals surface area contributed by atoms with Crippen LogP contribution >= 0.6 is 0 Å². The van der Waals surface area contributed by atoms with Gasteiger partial charge >= 0.3 is 0 Å². The number of ether oxygens (including phenoxy) is 2. The molecule has 0 aliphatic carbocycles. The van der Waals surface area contributed by atoms with Gasteiger partial charge in [0.2, 0.25) is 5.82 Å². The Labute approximate surface area is 127 Å². The minimum atomic E-state index is 0.217. The summed E-state index contributed by atoms with van der Waals surface area (Å²) in [6.45, 7) is 4.90. The number of aromatic amines is 1. The number of nitrogens with one attached hydrogen (secondary N) is 2. The van der Waals surface area contributed by atoms with Gasteiger partial charge in [0, 0.05) is 12.3 Å². The third kappa shape index (κ3) is 3.73. The minimum absolute atomic E-state index is 0.217. The minimum Gasteiger partial charge on any atom is -0.494 e. The molecule has 0 radical (unpaired) electrons. The van der Waals surface area contributed by atoms with E-state index in [1.807, 2.05) is 32.0 Å². The Hall–Kier alpha value is -3.08. The maximum Gasteiger partial charge on any atom is 0.216 e. The standard InChI is InChI=1S/C14H16N6O2/c1-3-21-11-5-6-13(22-4-2)12(7-11)16-9-10(8-15)14-17-19-20-18-14/h5-7,9,16H,3-4H2,1-2H3,(H,17,18,19,20). The van der Waals surface area contributed by atoms with Gasteiger partial charge in [0.25, 0.3) is 0 Å². The zero-order valence-electron chi connectivity index (χ0n) is 12.3. The topological polar surface area (TPSA) is 109 Å². The van der Waals surface area contributed by atoms with E-state index in [4.69, 9.17) is 14.7 Å². The highest BCUT2D eigenvalue weighted by Gasteiger charge is 2.08. The molecule has 114 valence electrons. The predicted octanol–water partition coefficient (Wildman–Crippen LogP) is 1.97. The van der Waals surface area contributed by atoms with Crippen LogP contribution in [0.4, 0.5) is 5.69 Å². The lowest BCUT2D eigenvalue weighted by Gasteiger charge is -2.12. The first-order valence-electron chi connectivity index (χ1n) is 6.78. The Morgan fingerprint density at radius 1 is 1.36 bits per heavy atom. The number of allylic oxidation sites excluding steroid dienone is 1. The van der Waals surface area contributed by atoms with Crippen LogP contribution in [-0.4, -0.2) is 33.8 Å². The normalized spacial score (nSPS) is 10.9. The molecule has 1 heterocycles. The van der Waals surface area contributed by atoms with E-state index in [0.29, 0.717) is 30.4 Å². The molecule has 0 saturated heterocycles. The number of anilines is 1. The Balaban J connectivity index is 2.26. The number of nitrogens with zero attached hydrogens (tertiary/aromatic N) is 4. The van der Waals surface area contributed by atoms with Gasteiger partial charge in [0.15, 0.2) is 0 Å². The van der Waals surface area contributed by atoms with Crippen LogP contribution < -0.4 is 14.8 Å². The van der Waals surface area contributed by atoms with Crippen LogP contribution in [0.1, 0.15) is 19.7 Å². The molecule has 0 amide bonds. The summed E-state index contributed by atoms with van der Waals surface area (Å²) >= 11 is 0. The summed E-state index contributed by atoms with van der Waals surface area (Å²) < 4.78 is 11.0. The number of hydrogen-bond donors (Lipinski definition) is 2. The maximum atomic E-state index is 9.15. The maximum absolute atomic E-state index is 9.15. The van der Waals surface area contributed by atoms with E-state index in [0.717, 1.165) is 0 Å². The van der Waals surface area contributed by atoms with Crippen LogP contribution in [0.15, 0.2) is 24.4 Å². The number of rotatable bonds is 7. The zero-order valence-corrected chi connectivity index (χ0v) is 12.3. The van der Waals surface area contributed by atoms with E-state index in [2.05, 4.69) is 25.9 Å². The van der Waals surface area contributed by atoms with Crippen LogP contribution in [0.2, 0.25) is 0 Å². The van der Waals surface area contributed by atoms with E-state index >= 15 is 0 Å². The van der Waals surface area contributed by atoms with Crippen molar-refractivity contribution in [3.63, 3.8) is 0 Å². The number of aromatic nitrogens is 4. The fourth-order valence-electron chi connectivity index (χ4n) is 1.73. The summed E-state index contributed by atoms with van der Waals surface area (Å²) in [5, 5.41) is 25.5. The molecule has 0 spiro atoms. The monoisotopic (exact) mass is 300 g/mol. The molecule has 0 atom stereocenters. The summed E-state index contributed by atoms with van der Waals surface area (Å²) in [6, 6.07) is 7.45. The molecular formula is C14H16N6O2. The van der Waals surface area contributed by atoms with Crippen LogP contribution in [-0.2, 0) is 0 Å². The third-order valence-electron chi connectivity index (χ3n) is 2.64. The van der Waals surface area contributed by atoms with E-state index in [1.165, 1.54) is 6.20 Å². The van der Waals surface area contributed by atoms with Crippen molar-refractivity contribution in [2.75, 3.05) is 18.5 Å². The molecule has 0 bridgehead atoms. The number of benzene rings is 1. The van der Waals surface area contributed by atoms with Gasteiger partial charge in [-0.05, 0) is 31.2 Å². The van der Waals surface area contributed by atoms with Gasteiger partial charge in [0.1, 0.15) is 23.1 Å². The first kappa shape index (κ1) is 15.3. The summed E-state index contributed by atoms with van der Waals surface area (Å²) in [7, 11) is 0. The second-order valence-electron chi connectivity index (χ2n) is 4.07. The molecule has 0 aliphatic heterocycles. The first-order chi connectivity index (χ1) is 10.8. The molecule has 2 rings (SSSR count). The number of H-pyrrole nitrogens is 1. The Kier molecular flexibility index (Phi) is 5.31. The Bertz CT molecular complexity index is 675. The Morgan fingerprint density at radius 3 is 2.82 bits per heavy atom. The van der Waals surface area contributed by atoms with Crippen molar-refractivity contribution in [3.8, 4) is 17.6 Å². The second kappa shape index (κ2) is 7.64. The summed E-state index contributed by atoms with van der Waals surface area (Å²) in [4.78, 5) is 0. The fraction of sp³-hybridized carbons (Fsp3) is 0.286. The van der Waals surface area contributed by atoms with Crippen LogP contribution in [0.25, 0.3) is 5.57 Å². The van der Waals surface area contributed by atoms with Gasteiger partial charge in [0.05, 0.1) is 18.9 Å². The average Bonchev–Trinajstić information content (AvgIpc) is 3.05. The molecule has 8 heteroatoms. The highest BCUT2D eigenvalue weighted by molar-refractivity contribution is 5.75. The van der Waals surface area contributed by atoms with Crippen LogP contribution in [0, 0.1) is 11.3 Å². The van der Waals surface area contributed by atoms with E-state index < -0.39 is 0 Å². The molecule has 8 nitrogen and oxygen atoms in total. The van der Waals surface area contributed by atoms with Crippen molar-refractivity contribution in [1.82, 2.24) is 20.6 Å². The molecule has 1 aromatic carbocycles. The highest BCUT2D eigenvalue weighted by Crippen LogP contribution is 2.29. The molecule has 2 N–H and O–H groups in total. The lowest BCUT2D eigenvalue weighted by Crippen LogP contribution is -2.00. The number of hydrogen-bond acceptors (Lipinski definition) is 7. The molecule has 22 heavy (non-hydrogen) atoms. The van der Waals surface area contributed by atoms with Crippen molar-refractivity contribution < 1.29 is 9.47 Å². The van der Waals surface area contributed by atoms with Crippen LogP contribution in [0.5, 0.6) is 11.5 Å². The molecule has 0 aliphatic rings. The van der Waals surface area contributed by atoms with Gasteiger partial charge in [-0.3, -0.25) is 0 Å². The summed E-state index contributed by atoms with van der Waals surface area (Å²) in [5.74, 6) is 1.58. The number of tetrazole rings is 1. The SMILES string of the molecule is CCOc1ccc(OCC)c(NC=C(C#N)c2nn[nH]n2)c1. The van der Waals surface area contributed by atoms with Gasteiger partial charge in [-0.25, -0.2) is 0 Å². The van der Waals surface area contributed by atoms with Gasteiger partial charge in [-0.15, -0.1) is 10.2 Å². The van der Waals surface area contributed by atoms with E-state index in [1.54, 1.807) is 6.07 Å². The van der Waals surface area contributed by atoms with Crippen molar-refractivity contribution in [1.29, 1.82) is 5.26 Å². The molecule has 1 aromatic heterocycles. The smallest absolute Gasteiger partial charge is 0.216 e. The third-order valence-corrected chi connectivity index (χ3v) is 2.64. The van der Waals surface area contributed by atoms with Crippen LogP contribution in [0.3, 0.4) is 0 Å². The lowest BCUT2D eigenvalue weighted by atomic mass is 10.2. The Morgan fingerprint density at radius 2 is 2.18 bits per heavy atom. The fourth-order valence-corrected chi connectivity index (χ4v) is 1.73. The zero-order chi connectivity index (χ0) is 15.8. The van der Waals surface area contributed by atoms with Crippen molar-refractivity contribution in [2.24, 2.45) is 0 Å². The van der Waals surface area contributed by atoms with Crippen molar-refractivity contribution >= 4 is 11.3 Å². The average molecular weight is 300 g/mol. The van der Waals surface area contributed by atoms with Crippen molar-refractivity contribution in [2.45, 2.75) is 13.8 Å². The molecule has 0 unspecified atom stereocenters. The molecular weight excluding hydrogens is 284 g/mol.